The second-order valence-electron chi connectivity index (χ2n) is 5.18. The zero-order valence-corrected chi connectivity index (χ0v) is 15.3. The molecule has 0 spiro atoms. The Balaban J connectivity index is 0.000000765. The SMILES string of the molecule is CCCCCOc1ccc(N(C)c2nc(C(=O)O)cs2)cc1.FC(F)F. The minimum absolute atomic E-state index is 0.0720. The number of carboxylic acid groups (broad SMARTS) is 1. The van der Waals surface area contributed by atoms with E-state index < -0.39 is 12.6 Å². The molecule has 1 aromatic carbocycles. The highest BCUT2D eigenvalue weighted by atomic mass is 32.1. The topological polar surface area (TPSA) is 62.7 Å². The molecule has 0 aliphatic heterocycles. The number of ether oxygens (including phenoxy) is 1. The number of aromatic carboxylic acids is 1. The molecule has 0 saturated carbocycles. The molecule has 1 heterocycles. The molecule has 0 radical (unpaired) electrons. The highest BCUT2D eigenvalue weighted by Gasteiger charge is 2.12. The Morgan fingerprint density at radius 2 is 1.88 bits per heavy atom. The third-order valence-corrected chi connectivity index (χ3v) is 4.16. The van der Waals surface area contributed by atoms with E-state index in [9.17, 15) is 18.0 Å². The fourth-order valence-corrected chi connectivity index (χ4v) is 2.72. The predicted molar refractivity (Wildman–Crippen MR) is 95.7 cm³/mol. The number of carboxylic acids is 1. The van der Waals surface area contributed by atoms with Gasteiger partial charge in [0.2, 0.25) is 0 Å². The summed E-state index contributed by atoms with van der Waals surface area (Å²) in [5, 5.41) is 11.1. The van der Waals surface area contributed by atoms with Crippen LogP contribution >= 0.6 is 11.3 Å². The molecule has 0 atom stereocenters. The largest absolute Gasteiger partial charge is 0.494 e. The third kappa shape index (κ3) is 7.73. The number of aromatic nitrogens is 1. The summed E-state index contributed by atoms with van der Waals surface area (Å²) in [6.07, 6.45) is 3.42. The highest BCUT2D eigenvalue weighted by Crippen LogP contribution is 2.28. The van der Waals surface area contributed by atoms with Gasteiger partial charge in [-0.15, -0.1) is 11.3 Å². The van der Waals surface area contributed by atoms with Crippen LogP contribution in [0.25, 0.3) is 0 Å². The van der Waals surface area contributed by atoms with Crippen molar-refractivity contribution in [2.45, 2.75) is 32.9 Å². The summed E-state index contributed by atoms with van der Waals surface area (Å²) in [4.78, 5) is 16.8. The molecule has 0 fully saturated rings. The van der Waals surface area contributed by atoms with Crippen LogP contribution in [-0.2, 0) is 0 Å². The maximum Gasteiger partial charge on any atom is 0.379 e. The Hall–Kier alpha value is -2.29. The number of benzene rings is 1. The molecule has 2 aromatic rings. The smallest absolute Gasteiger partial charge is 0.379 e. The van der Waals surface area contributed by atoms with Crippen molar-refractivity contribution in [1.82, 2.24) is 4.98 Å². The normalized spacial score (nSPS) is 10.2. The van der Waals surface area contributed by atoms with Gasteiger partial charge in [0.15, 0.2) is 10.8 Å². The number of hydrogen-bond donors (Lipinski definition) is 1. The molecule has 0 bridgehead atoms. The van der Waals surface area contributed by atoms with Crippen molar-refractivity contribution in [3.05, 3.63) is 35.3 Å². The number of anilines is 2. The molecule has 0 unspecified atom stereocenters. The van der Waals surface area contributed by atoms with Crippen LogP contribution in [-0.4, -0.2) is 36.4 Å². The number of thiazole rings is 1. The summed E-state index contributed by atoms with van der Waals surface area (Å²) in [6.45, 7) is -0.767. The van der Waals surface area contributed by atoms with Crippen molar-refractivity contribution in [2.75, 3.05) is 18.6 Å². The molecule has 0 aliphatic rings. The van der Waals surface area contributed by atoms with Gasteiger partial charge in [0.05, 0.1) is 6.61 Å². The van der Waals surface area contributed by atoms with E-state index in [1.807, 2.05) is 36.2 Å². The van der Waals surface area contributed by atoms with E-state index in [0.29, 0.717) is 5.13 Å². The zero-order chi connectivity index (χ0) is 19.5. The zero-order valence-electron chi connectivity index (χ0n) is 14.5. The monoisotopic (exact) mass is 390 g/mol. The van der Waals surface area contributed by atoms with E-state index in [4.69, 9.17) is 9.84 Å². The van der Waals surface area contributed by atoms with Crippen LogP contribution in [0.1, 0.15) is 36.7 Å². The van der Waals surface area contributed by atoms with Crippen LogP contribution in [0.4, 0.5) is 24.0 Å². The first kappa shape index (κ1) is 21.8. The summed E-state index contributed by atoms with van der Waals surface area (Å²) >= 11 is 1.31. The fraction of sp³-hybridized carbons (Fsp3) is 0.412. The van der Waals surface area contributed by atoms with Gasteiger partial charge >= 0.3 is 12.6 Å². The highest BCUT2D eigenvalue weighted by molar-refractivity contribution is 7.14. The van der Waals surface area contributed by atoms with E-state index >= 15 is 0 Å². The van der Waals surface area contributed by atoms with Gasteiger partial charge in [0.25, 0.3) is 0 Å². The molecule has 1 aromatic heterocycles. The minimum atomic E-state index is -3.67. The number of hydrogen-bond acceptors (Lipinski definition) is 5. The van der Waals surface area contributed by atoms with Crippen LogP contribution in [0, 0.1) is 0 Å². The summed E-state index contributed by atoms with van der Waals surface area (Å²) in [5.41, 5.74) is 1.01. The van der Waals surface area contributed by atoms with Crippen LogP contribution in [0.3, 0.4) is 0 Å². The van der Waals surface area contributed by atoms with Gasteiger partial charge in [0.1, 0.15) is 5.75 Å². The van der Waals surface area contributed by atoms with Crippen molar-refractivity contribution in [1.29, 1.82) is 0 Å². The van der Waals surface area contributed by atoms with Crippen LogP contribution in [0.5, 0.6) is 5.75 Å². The van der Waals surface area contributed by atoms with E-state index in [2.05, 4.69) is 11.9 Å². The lowest BCUT2D eigenvalue weighted by Crippen LogP contribution is -2.09. The summed E-state index contributed by atoms with van der Waals surface area (Å²) in [5.74, 6) is -0.162. The Morgan fingerprint density at radius 1 is 1.27 bits per heavy atom. The second-order valence-corrected chi connectivity index (χ2v) is 6.01. The quantitative estimate of drug-likeness (QED) is 0.615. The second kappa shape index (κ2) is 11.3. The molecule has 9 heteroatoms. The number of alkyl halides is 3. The van der Waals surface area contributed by atoms with Crippen LogP contribution in [0.15, 0.2) is 29.6 Å². The van der Waals surface area contributed by atoms with Crippen LogP contribution in [0.2, 0.25) is 0 Å². The van der Waals surface area contributed by atoms with Gasteiger partial charge in [-0.2, -0.15) is 13.2 Å². The van der Waals surface area contributed by atoms with Crippen molar-refractivity contribution in [3.8, 4) is 5.75 Å². The Bertz CT molecular complexity index is 663. The number of carbonyl (C=O) groups is 1. The first-order valence-electron chi connectivity index (χ1n) is 7.92. The molecule has 2 rings (SSSR count). The predicted octanol–water partition coefficient (Wildman–Crippen LogP) is 5.36. The van der Waals surface area contributed by atoms with Gasteiger partial charge < -0.3 is 14.7 Å². The number of nitrogens with zero attached hydrogens (tertiary/aromatic N) is 2. The molecule has 26 heavy (non-hydrogen) atoms. The van der Waals surface area contributed by atoms with E-state index in [1.165, 1.54) is 24.2 Å². The van der Waals surface area contributed by atoms with E-state index in [-0.39, 0.29) is 5.69 Å². The summed E-state index contributed by atoms with van der Waals surface area (Å²) in [6, 6.07) is 7.72. The first-order chi connectivity index (χ1) is 12.3. The molecule has 0 saturated heterocycles. The van der Waals surface area contributed by atoms with Gasteiger partial charge in [-0.3, -0.25) is 0 Å². The Kier molecular flexibility index (Phi) is 9.50. The molecular weight excluding hydrogens is 369 g/mol. The van der Waals surface area contributed by atoms with Gasteiger partial charge in [-0.05, 0) is 30.7 Å². The fourth-order valence-electron chi connectivity index (χ4n) is 1.94. The van der Waals surface area contributed by atoms with Gasteiger partial charge in [-0.1, -0.05) is 19.8 Å². The Labute approximate surface area is 154 Å². The van der Waals surface area contributed by atoms with Gasteiger partial charge in [-0.25, -0.2) is 9.78 Å². The van der Waals surface area contributed by atoms with Crippen molar-refractivity contribution in [3.63, 3.8) is 0 Å². The first-order valence-corrected chi connectivity index (χ1v) is 8.80. The van der Waals surface area contributed by atoms with Gasteiger partial charge in [0, 0.05) is 18.1 Å². The van der Waals surface area contributed by atoms with Crippen LogP contribution < -0.4 is 9.64 Å². The molecule has 0 aliphatic carbocycles. The minimum Gasteiger partial charge on any atom is -0.494 e. The lowest BCUT2D eigenvalue weighted by Gasteiger charge is -2.16. The maximum atomic E-state index is 10.9. The average Bonchev–Trinajstić information content (AvgIpc) is 3.08. The maximum absolute atomic E-state index is 10.9. The average molecular weight is 390 g/mol. The lowest BCUT2D eigenvalue weighted by atomic mass is 10.2. The number of rotatable bonds is 8. The summed E-state index contributed by atoms with van der Waals surface area (Å²) in [7, 11) is 1.86. The van der Waals surface area contributed by atoms with Crippen molar-refractivity contribution < 1.29 is 27.8 Å². The van der Waals surface area contributed by atoms with E-state index in [1.54, 1.807) is 5.38 Å². The van der Waals surface area contributed by atoms with Crippen molar-refractivity contribution >= 4 is 28.1 Å². The Morgan fingerprint density at radius 3 is 2.38 bits per heavy atom. The third-order valence-electron chi connectivity index (χ3n) is 3.24. The van der Waals surface area contributed by atoms with E-state index in [0.717, 1.165) is 24.5 Å². The molecule has 0 amide bonds. The lowest BCUT2D eigenvalue weighted by molar-refractivity contribution is 0.00818. The number of unbranched alkanes of at least 4 members (excludes halogenated alkanes) is 2. The van der Waals surface area contributed by atoms with Crippen molar-refractivity contribution in [2.24, 2.45) is 0 Å². The molecular formula is C17H21F3N2O3S. The standard InChI is InChI=1S/C16H20N2O3S.CHF3/c1-3-4-5-10-21-13-8-6-12(7-9-13)18(2)16-17-14(11-22-16)15(19)20;2-1(3)4/h6-9,11H,3-5,10H2,1-2H3,(H,19,20);1H. The molecule has 144 valence electrons. The molecule has 5 nitrogen and oxygen atoms in total. The summed E-state index contributed by atoms with van der Waals surface area (Å²) < 4.78 is 34.7. The molecule has 1 N–H and O–H groups in total. The number of halogens is 3.